The van der Waals surface area contributed by atoms with E-state index >= 15 is 0 Å². The number of amides is 1. The first-order valence-electron chi connectivity index (χ1n) is 12.7. The quantitative estimate of drug-likeness (QED) is 0.312. The summed E-state index contributed by atoms with van der Waals surface area (Å²) in [5.41, 5.74) is 1.81. The van der Waals surface area contributed by atoms with E-state index in [1.165, 1.54) is 32.1 Å². The fraction of sp³-hybridized carbons (Fsp3) is 0.345. The second-order valence-electron chi connectivity index (χ2n) is 9.45. The lowest BCUT2D eigenvalue weighted by molar-refractivity contribution is -0.116. The summed E-state index contributed by atoms with van der Waals surface area (Å²) in [6, 6.07) is 18.6. The van der Waals surface area contributed by atoms with Crippen molar-refractivity contribution in [1.82, 2.24) is 0 Å². The Morgan fingerprint density at radius 3 is 2.39 bits per heavy atom. The normalized spacial score (nSPS) is 14.5. The van der Waals surface area contributed by atoms with Gasteiger partial charge < -0.3 is 19.5 Å². The molecule has 9 heteroatoms. The maximum absolute atomic E-state index is 12.9. The van der Waals surface area contributed by atoms with Gasteiger partial charge in [0.2, 0.25) is 5.91 Å². The van der Waals surface area contributed by atoms with E-state index < -0.39 is 10.0 Å². The number of hydrogen-bond donors (Lipinski definition) is 2. The summed E-state index contributed by atoms with van der Waals surface area (Å²) in [5.74, 6) is 1.59. The predicted octanol–water partition coefficient (Wildman–Crippen LogP) is 5.96. The fourth-order valence-electron chi connectivity index (χ4n) is 4.53. The average Bonchev–Trinajstić information content (AvgIpc) is 3.41. The van der Waals surface area contributed by atoms with Gasteiger partial charge in [-0.05, 0) is 79.6 Å². The van der Waals surface area contributed by atoms with Crippen molar-refractivity contribution < 1.29 is 27.4 Å². The van der Waals surface area contributed by atoms with Crippen LogP contribution in [0.4, 0.5) is 11.4 Å². The maximum atomic E-state index is 12.9. The number of methoxy groups -OCH3 is 2. The molecule has 0 radical (unpaired) electrons. The molecule has 4 rings (SSSR count). The zero-order valence-electron chi connectivity index (χ0n) is 21.9. The van der Waals surface area contributed by atoms with Crippen molar-refractivity contribution >= 4 is 27.3 Å². The Labute approximate surface area is 224 Å². The van der Waals surface area contributed by atoms with Crippen LogP contribution < -0.4 is 24.2 Å². The Bertz CT molecular complexity index is 1370. The topological polar surface area (TPSA) is 103 Å². The van der Waals surface area contributed by atoms with Crippen molar-refractivity contribution in [3.05, 3.63) is 72.3 Å². The summed E-state index contributed by atoms with van der Waals surface area (Å²) in [5, 5.41) is 2.87. The number of nitrogens with one attached hydrogen (secondary N) is 2. The van der Waals surface area contributed by atoms with Crippen molar-refractivity contribution in [2.24, 2.45) is 0 Å². The van der Waals surface area contributed by atoms with Crippen molar-refractivity contribution in [2.75, 3.05) is 24.3 Å². The summed E-state index contributed by atoms with van der Waals surface area (Å²) >= 11 is 0. The van der Waals surface area contributed by atoms with Gasteiger partial charge in [-0.2, -0.15) is 0 Å². The van der Waals surface area contributed by atoms with Gasteiger partial charge in [-0.25, -0.2) is 8.42 Å². The molecule has 1 aliphatic rings. The second kappa shape index (κ2) is 12.2. The largest absolute Gasteiger partial charge is 0.497 e. The van der Waals surface area contributed by atoms with Gasteiger partial charge >= 0.3 is 0 Å². The minimum Gasteiger partial charge on any atom is -0.497 e. The molecule has 0 bridgehead atoms. The van der Waals surface area contributed by atoms with Crippen LogP contribution in [0.2, 0.25) is 0 Å². The highest BCUT2D eigenvalue weighted by Gasteiger charge is 2.20. The molecule has 1 aliphatic carbocycles. The van der Waals surface area contributed by atoms with Crippen molar-refractivity contribution in [2.45, 2.75) is 55.9 Å². The first-order valence-corrected chi connectivity index (χ1v) is 14.2. The molecule has 202 valence electrons. The number of benzene rings is 3. The Morgan fingerprint density at radius 1 is 0.921 bits per heavy atom. The summed E-state index contributed by atoms with van der Waals surface area (Å²) < 4.78 is 45.0. The van der Waals surface area contributed by atoms with Crippen molar-refractivity contribution in [3.8, 4) is 17.2 Å². The molecule has 0 saturated heterocycles. The van der Waals surface area contributed by atoms with Gasteiger partial charge in [0.25, 0.3) is 10.0 Å². The van der Waals surface area contributed by atoms with Gasteiger partial charge in [-0.3, -0.25) is 9.52 Å². The minimum absolute atomic E-state index is 0.0680. The van der Waals surface area contributed by atoms with E-state index in [9.17, 15) is 13.2 Å². The molecule has 1 fully saturated rings. The molecule has 1 amide bonds. The number of ether oxygens (including phenoxy) is 3. The number of rotatable bonds is 11. The number of carbonyl (C=O) groups is 1. The highest BCUT2D eigenvalue weighted by molar-refractivity contribution is 7.92. The lowest BCUT2D eigenvalue weighted by Gasteiger charge is -2.19. The molecule has 1 atom stereocenters. The van der Waals surface area contributed by atoms with Crippen molar-refractivity contribution in [1.29, 1.82) is 0 Å². The lowest BCUT2D eigenvalue weighted by atomic mass is 9.97. The minimum atomic E-state index is -3.83. The van der Waals surface area contributed by atoms with Gasteiger partial charge in [0.15, 0.2) is 11.5 Å². The Hall–Kier alpha value is -3.72. The fourth-order valence-corrected chi connectivity index (χ4v) is 5.61. The van der Waals surface area contributed by atoms with Crippen LogP contribution in [-0.2, 0) is 14.8 Å². The third-order valence-electron chi connectivity index (χ3n) is 6.59. The SMILES string of the molecule is COc1cccc(S(=O)(=O)Nc2cccc(NC(=O)CC(C)c3ccc(OC)c(OC4CCCC4)c3)c2)c1. The first-order chi connectivity index (χ1) is 18.3. The molecule has 8 nitrogen and oxygen atoms in total. The van der Waals surface area contributed by atoms with Crippen LogP contribution in [0, 0.1) is 0 Å². The van der Waals surface area contributed by atoms with Crippen LogP contribution in [0.5, 0.6) is 17.2 Å². The van der Waals surface area contributed by atoms with Crippen molar-refractivity contribution in [3.63, 3.8) is 0 Å². The molecular formula is C29H34N2O6S. The van der Waals surface area contributed by atoms with Crippen LogP contribution in [0.1, 0.15) is 50.5 Å². The van der Waals surface area contributed by atoms with Crippen LogP contribution in [0.25, 0.3) is 0 Å². The van der Waals surface area contributed by atoms with E-state index in [-0.39, 0.29) is 29.2 Å². The third-order valence-corrected chi connectivity index (χ3v) is 7.97. The molecule has 0 aromatic heterocycles. The van der Waals surface area contributed by atoms with Gasteiger partial charge in [-0.1, -0.05) is 25.1 Å². The van der Waals surface area contributed by atoms with Crippen LogP contribution in [0.15, 0.2) is 71.6 Å². The molecule has 0 aliphatic heterocycles. The highest BCUT2D eigenvalue weighted by Crippen LogP contribution is 2.35. The van der Waals surface area contributed by atoms with Gasteiger partial charge in [-0.15, -0.1) is 0 Å². The van der Waals surface area contributed by atoms with Gasteiger partial charge in [0.1, 0.15) is 5.75 Å². The first kappa shape index (κ1) is 27.3. The Balaban J connectivity index is 1.40. The van der Waals surface area contributed by atoms with E-state index in [4.69, 9.17) is 14.2 Å². The van der Waals surface area contributed by atoms with Gasteiger partial charge in [0, 0.05) is 18.2 Å². The molecule has 38 heavy (non-hydrogen) atoms. The molecule has 0 spiro atoms. The Morgan fingerprint density at radius 2 is 1.66 bits per heavy atom. The van der Waals surface area contributed by atoms with Gasteiger partial charge in [0.05, 0.1) is 30.9 Å². The van der Waals surface area contributed by atoms with E-state index in [1.54, 1.807) is 43.5 Å². The predicted molar refractivity (Wildman–Crippen MR) is 148 cm³/mol. The smallest absolute Gasteiger partial charge is 0.262 e. The highest BCUT2D eigenvalue weighted by atomic mass is 32.2. The average molecular weight is 539 g/mol. The van der Waals surface area contributed by atoms with E-state index in [0.29, 0.717) is 28.6 Å². The Kier molecular flexibility index (Phi) is 8.78. The molecule has 0 heterocycles. The van der Waals surface area contributed by atoms with E-state index in [1.807, 2.05) is 25.1 Å². The third kappa shape index (κ3) is 6.98. The van der Waals surface area contributed by atoms with E-state index in [2.05, 4.69) is 10.0 Å². The lowest BCUT2D eigenvalue weighted by Crippen LogP contribution is -2.16. The van der Waals surface area contributed by atoms with Crippen LogP contribution in [-0.4, -0.2) is 34.6 Å². The number of sulfonamides is 1. The monoisotopic (exact) mass is 538 g/mol. The van der Waals surface area contributed by atoms with Crippen LogP contribution in [0.3, 0.4) is 0 Å². The standard InChI is InChI=1S/C29H34N2O6S/c1-20(21-14-15-27(36-3)28(17-21)37-24-10-4-5-11-24)16-29(32)30-22-8-6-9-23(18-22)31-38(33,34)26-13-7-12-25(19-26)35-2/h6-9,12-15,17-20,24,31H,4-5,10-11,16H2,1-3H3,(H,30,32). The maximum Gasteiger partial charge on any atom is 0.262 e. The zero-order valence-corrected chi connectivity index (χ0v) is 22.7. The molecular weight excluding hydrogens is 504 g/mol. The number of carbonyl (C=O) groups excluding carboxylic acids is 1. The molecule has 3 aromatic carbocycles. The molecule has 1 unspecified atom stereocenters. The van der Waals surface area contributed by atoms with Crippen LogP contribution >= 0.6 is 0 Å². The molecule has 3 aromatic rings. The summed E-state index contributed by atoms with van der Waals surface area (Å²) in [7, 11) is -0.730. The molecule has 1 saturated carbocycles. The number of anilines is 2. The second-order valence-corrected chi connectivity index (χ2v) is 11.1. The summed E-state index contributed by atoms with van der Waals surface area (Å²) in [4.78, 5) is 12.9. The molecule has 2 N–H and O–H groups in total. The summed E-state index contributed by atoms with van der Waals surface area (Å²) in [6.45, 7) is 1.99. The summed E-state index contributed by atoms with van der Waals surface area (Å²) in [6.07, 6.45) is 4.88. The van der Waals surface area contributed by atoms with E-state index in [0.717, 1.165) is 18.4 Å². The zero-order chi connectivity index (χ0) is 27.1. The number of hydrogen-bond acceptors (Lipinski definition) is 6.